The summed E-state index contributed by atoms with van der Waals surface area (Å²) in [5, 5.41) is 3.06. The average molecular weight is 369 g/mol. The molecule has 1 aliphatic heterocycles. The van der Waals surface area contributed by atoms with Gasteiger partial charge < -0.3 is 10.1 Å². The number of hydrogen-bond donors (Lipinski definition) is 1. The van der Waals surface area contributed by atoms with Crippen LogP contribution in [0.15, 0.2) is 42.5 Å². The number of benzene rings is 1. The summed E-state index contributed by atoms with van der Waals surface area (Å²) in [6.07, 6.45) is 5.51. The van der Waals surface area contributed by atoms with Gasteiger partial charge in [-0.3, -0.25) is 0 Å². The predicted octanol–water partition coefficient (Wildman–Crippen LogP) is 6.10. The van der Waals surface area contributed by atoms with Gasteiger partial charge in [0.05, 0.1) is 5.56 Å². The fraction of sp³-hybridized carbons (Fsp3) is 0.524. The van der Waals surface area contributed by atoms with Crippen LogP contribution in [-0.2, 0) is 6.18 Å². The van der Waals surface area contributed by atoms with Crippen molar-refractivity contribution in [1.82, 2.24) is 5.32 Å². The molecule has 3 rings (SSSR count). The van der Waals surface area contributed by atoms with Gasteiger partial charge in [0.2, 0.25) is 0 Å². The van der Waals surface area contributed by atoms with E-state index in [1.165, 1.54) is 6.07 Å². The third-order valence-corrected chi connectivity index (χ3v) is 3.89. The number of rotatable bonds is 4. The largest absolute Gasteiger partial charge is 0.488 e. The van der Waals surface area contributed by atoms with E-state index < -0.39 is 11.7 Å². The van der Waals surface area contributed by atoms with Crippen LogP contribution in [0, 0.1) is 0 Å². The van der Waals surface area contributed by atoms with Crippen molar-refractivity contribution in [2.24, 2.45) is 0 Å². The molecule has 26 heavy (non-hydrogen) atoms. The maximum absolute atomic E-state index is 12.9. The molecule has 2 nitrogen and oxygen atoms in total. The maximum Gasteiger partial charge on any atom is 0.416 e. The number of hydrogen-bond acceptors (Lipinski definition) is 2. The Labute approximate surface area is 155 Å². The smallest absolute Gasteiger partial charge is 0.416 e. The minimum atomic E-state index is -4.27. The van der Waals surface area contributed by atoms with Gasteiger partial charge >= 0.3 is 6.18 Å². The number of alkyl halides is 3. The number of ether oxygens (including phenoxy) is 1. The van der Waals surface area contributed by atoms with E-state index >= 15 is 0 Å². The van der Waals surface area contributed by atoms with Gasteiger partial charge in [-0.25, -0.2) is 0 Å². The van der Waals surface area contributed by atoms with E-state index in [9.17, 15) is 13.2 Å². The van der Waals surface area contributed by atoms with E-state index in [2.05, 4.69) is 5.32 Å². The van der Waals surface area contributed by atoms with Crippen LogP contribution in [0.5, 0.6) is 5.75 Å². The summed E-state index contributed by atoms with van der Waals surface area (Å²) in [5.41, 5.74) is -0.114. The first kappa shape index (κ1) is 22.3. The molecule has 146 valence electrons. The Morgan fingerprint density at radius 3 is 2.00 bits per heavy atom. The summed E-state index contributed by atoms with van der Waals surface area (Å²) < 4.78 is 44.2. The average Bonchev–Trinajstić information content (AvgIpc) is 3.42. The van der Waals surface area contributed by atoms with Gasteiger partial charge in [-0.05, 0) is 56.4 Å². The highest BCUT2D eigenvalue weighted by Crippen LogP contribution is 2.47. The van der Waals surface area contributed by atoms with Crippen LogP contribution in [0.4, 0.5) is 13.2 Å². The zero-order valence-corrected chi connectivity index (χ0v) is 16.1. The predicted molar refractivity (Wildman–Crippen MR) is 102 cm³/mol. The molecule has 0 amide bonds. The molecule has 1 N–H and O–H groups in total. The van der Waals surface area contributed by atoms with Crippen molar-refractivity contribution < 1.29 is 17.9 Å². The molecule has 2 fully saturated rings. The van der Waals surface area contributed by atoms with Crippen LogP contribution >= 0.6 is 0 Å². The SMILES string of the molecule is C/C=C\C=C/C.CC.FC(F)(F)c1ccc(OC2CNC2)cc1C1CC1. The summed E-state index contributed by atoms with van der Waals surface area (Å²) in [4.78, 5) is 0. The molecule has 0 aromatic heterocycles. The maximum atomic E-state index is 12.9. The summed E-state index contributed by atoms with van der Waals surface area (Å²) in [7, 11) is 0. The first-order valence-corrected chi connectivity index (χ1v) is 9.28. The fourth-order valence-corrected chi connectivity index (χ4v) is 2.36. The van der Waals surface area contributed by atoms with Crippen molar-refractivity contribution in [3.05, 3.63) is 53.6 Å². The molecule has 1 heterocycles. The Morgan fingerprint density at radius 1 is 1.04 bits per heavy atom. The summed E-state index contributed by atoms with van der Waals surface area (Å²) >= 11 is 0. The number of nitrogens with one attached hydrogen (secondary N) is 1. The molecular formula is C21H30F3NO. The highest BCUT2D eigenvalue weighted by atomic mass is 19.4. The lowest BCUT2D eigenvalue weighted by Crippen LogP contribution is -2.50. The second kappa shape index (κ2) is 11.1. The molecule has 1 aromatic rings. The number of halogens is 3. The Hall–Kier alpha value is -1.75. The van der Waals surface area contributed by atoms with Gasteiger partial charge in [0.15, 0.2) is 0 Å². The Balaban J connectivity index is 0.000000363. The fourth-order valence-electron chi connectivity index (χ4n) is 2.36. The third-order valence-electron chi connectivity index (χ3n) is 3.89. The summed E-state index contributed by atoms with van der Waals surface area (Å²) in [5.74, 6) is 0.612. The highest BCUT2D eigenvalue weighted by Gasteiger charge is 2.38. The van der Waals surface area contributed by atoms with Gasteiger partial charge in [0.1, 0.15) is 11.9 Å². The molecule has 0 spiro atoms. The first-order valence-electron chi connectivity index (χ1n) is 9.28. The topological polar surface area (TPSA) is 21.3 Å². The second-order valence-electron chi connectivity index (χ2n) is 5.97. The highest BCUT2D eigenvalue weighted by molar-refractivity contribution is 5.41. The number of allylic oxidation sites excluding steroid dienone is 4. The first-order chi connectivity index (χ1) is 12.5. The zero-order valence-electron chi connectivity index (χ0n) is 16.1. The minimum Gasteiger partial charge on any atom is -0.488 e. The zero-order chi connectivity index (χ0) is 19.6. The van der Waals surface area contributed by atoms with Crippen molar-refractivity contribution >= 4 is 0 Å². The second-order valence-corrected chi connectivity index (χ2v) is 5.97. The summed E-state index contributed by atoms with van der Waals surface area (Å²) in [6, 6.07) is 4.14. The van der Waals surface area contributed by atoms with Gasteiger partial charge in [0.25, 0.3) is 0 Å². The van der Waals surface area contributed by atoms with E-state index in [-0.39, 0.29) is 12.0 Å². The van der Waals surface area contributed by atoms with Gasteiger partial charge in [-0.2, -0.15) is 13.2 Å². The molecule has 0 bridgehead atoms. The molecule has 1 saturated carbocycles. The third kappa shape index (κ3) is 7.24. The monoisotopic (exact) mass is 369 g/mol. The lowest BCUT2D eigenvalue weighted by atomic mass is 10.0. The quantitative estimate of drug-likeness (QED) is 0.648. The van der Waals surface area contributed by atoms with E-state index in [0.717, 1.165) is 32.0 Å². The van der Waals surface area contributed by atoms with Gasteiger partial charge in [0, 0.05) is 13.1 Å². The minimum absolute atomic E-state index is 0.0599. The molecule has 1 aliphatic carbocycles. The van der Waals surface area contributed by atoms with Crippen molar-refractivity contribution in [3.63, 3.8) is 0 Å². The molecular weight excluding hydrogens is 339 g/mol. The molecule has 0 radical (unpaired) electrons. The van der Waals surface area contributed by atoms with Crippen molar-refractivity contribution in [1.29, 1.82) is 0 Å². The van der Waals surface area contributed by atoms with Crippen molar-refractivity contribution in [2.75, 3.05) is 13.1 Å². The van der Waals surface area contributed by atoms with Crippen molar-refractivity contribution in [2.45, 2.75) is 58.7 Å². The molecule has 1 aromatic carbocycles. The lowest BCUT2D eigenvalue weighted by Gasteiger charge is -2.28. The van der Waals surface area contributed by atoms with Gasteiger partial charge in [-0.1, -0.05) is 38.2 Å². The van der Waals surface area contributed by atoms with E-state index in [1.54, 1.807) is 6.07 Å². The van der Waals surface area contributed by atoms with Crippen LogP contribution < -0.4 is 10.1 Å². The van der Waals surface area contributed by atoms with Crippen LogP contribution in [0.1, 0.15) is 57.6 Å². The molecule has 1 saturated heterocycles. The van der Waals surface area contributed by atoms with E-state index in [1.807, 2.05) is 52.0 Å². The Bertz CT molecular complexity index is 575. The normalized spacial score (nSPS) is 17.2. The van der Waals surface area contributed by atoms with Crippen LogP contribution in [0.3, 0.4) is 0 Å². The van der Waals surface area contributed by atoms with Crippen LogP contribution in [-0.4, -0.2) is 19.2 Å². The molecule has 0 atom stereocenters. The van der Waals surface area contributed by atoms with Crippen LogP contribution in [0.2, 0.25) is 0 Å². The lowest BCUT2D eigenvalue weighted by molar-refractivity contribution is -0.138. The van der Waals surface area contributed by atoms with Crippen LogP contribution in [0.25, 0.3) is 0 Å². The molecule has 5 heteroatoms. The molecule has 0 unspecified atom stereocenters. The van der Waals surface area contributed by atoms with Crippen molar-refractivity contribution in [3.8, 4) is 5.75 Å². The van der Waals surface area contributed by atoms with Gasteiger partial charge in [-0.15, -0.1) is 0 Å². The van der Waals surface area contributed by atoms with E-state index in [4.69, 9.17) is 4.74 Å². The van der Waals surface area contributed by atoms with E-state index in [0.29, 0.717) is 11.3 Å². The Morgan fingerprint density at radius 2 is 1.62 bits per heavy atom. The summed E-state index contributed by atoms with van der Waals surface area (Å²) in [6.45, 7) is 9.53. The molecule has 2 aliphatic rings. The Kier molecular flexibility index (Phi) is 9.49. The standard InChI is InChI=1S/C13H14F3NO.C6H10.C2H6/c14-13(15,16)12-4-3-9(18-10-6-17-7-10)5-11(12)8-1-2-8;1-3-5-6-4-2;1-2/h3-5,8,10,17H,1-2,6-7H2;3-6H,1-2H3;1-2H3/b;5-3-,6-4-;.